The summed E-state index contributed by atoms with van der Waals surface area (Å²) >= 11 is 5.54. The first-order valence-electron chi connectivity index (χ1n) is 5.81. The van der Waals surface area contributed by atoms with Crippen LogP contribution in [0.3, 0.4) is 0 Å². The molecule has 0 bridgehead atoms. The Hall–Kier alpha value is -1.30. The third-order valence-electron chi connectivity index (χ3n) is 2.00. The average molecular weight is 279 g/mol. The van der Waals surface area contributed by atoms with Crippen molar-refractivity contribution in [3.8, 4) is 0 Å². The summed E-state index contributed by atoms with van der Waals surface area (Å²) < 4.78 is 4.75. The molecule has 0 aromatic heterocycles. The second kappa shape index (κ2) is 8.74. The first kappa shape index (κ1) is 16.7. The first-order valence-corrected chi connectivity index (χ1v) is 6.25. The van der Waals surface area contributed by atoms with Crippen molar-refractivity contribution in [3.05, 3.63) is 0 Å². The van der Waals surface area contributed by atoms with Crippen molar-refractivity contribution in [1.82, 2.24) is 10.2 Å². The number of nitrogens with zero attached hydrogens (tertiary/aromatic N) is 1. The molecular formula is C11H19ClN2O4. The van der Waals surface area contributed by atoms with Crippen LogP contribution >= 0.6 is 11.6 Å². The van der Waals surface area contributed by atoms with Crippen molar-refractivity contribution in [2.24, 2.45) is 0 Å². The van der Waals surface area contributed by atoms with Gasteiger partial charge in [-0.25, -0.2) is 4.79 Å². The van der Waals surface area contributed by atoms with Gasteiger partial charge in [0.25, 0.3) is 0 Å². The van der Waals surface area contributed by atoms with Gasteiger partial charge < -0.3 is 9.64 Å². The molecule has 0 heterocycles. The maximum absolute atomic E-state index is 11.7. The van der Waals surface area contributed by atoms with Crippen molar-refractivity contribution >= 4 is 29.5 Å². The summed E-state index contributed by atoms with van der Waals surface area (Å²) in [6.45, 7) is 5.42. The van der Waals surface area contributed by atoms with Gasteiger partial charge in [-0.3, -0.25) is 14.9 Å². The second-order valence-electron chi connectivity index (χ2n) is 3.64. The predicted octanol–water partition coefficient (Wildman–Crippen LogP) is 1.12. The Labute approximate surface area is 112 Å². The number of nitrogens with one attached hydrogen (secondary N) is 1. The van der Waals surface area contributed by atoms with Crippen LogP contribution in [-0.4, -0.2) is 47.9 Å². The van der Waals surface area contributed by atoms with Gasteiger partial charge in [-0.2, -0.15) is 0 Å². The Morgan fingerprint density at radius 1 is 1.33 bits per heavy atom. The molecule has 1 N–H and O–H groups in total. The minimum atomic E-state index is -0.806. The average Bonchev–Trinajstić information content (AvgIpc) is 2.28. The Kier molecular flexibility index (Phi) is 8.11. The van der Waals surface area contributed by atoms with Crippen LogP contribution in [-0.2, 0) is 14.3 Å². The number of carbonyl (C=O) groups excluding carboxylic acids is 3. The molecule has 104 valence electrons. The Bertz CT molecular complexity index is 307. The lowest BCUT2D eigenvalue weighted by atomic mass is 10.4. The third kappa shape index (κ3) is 6.44. The van der Waals surface area contributed by atoms with E-state index >= 15 is 0 Å². The van der Waals surface area contributed by atoms with Gasteiger partial charge in [-0.15, -0.1) is 11.6 Å². The molecule has 0 aliphatic rings. The molecule has 7 heteroatoms. The van der Waals surface area contributed by atoms with Gasteiger partial charge in [-0.05, 0) is 20.3 Å². The first-order chi connectivity index (χ1) is 8.42. The fourth-order valence-electron chi connectivity index (χ4n) is 1.17. The number of imide groups is 1. The highest BCUT2D eigenvalue weighted by Crippen LogP contribution is 1.97. The predicted molar refractivity (Wildman–Crippen MR) is 67.4 cm³/mol. The fourth-order valence-corrected chi connectivity index (χ4v) is 1.22. The number of halogens is 1. The summed E-state index contributed by atoms with van der Waals surface area (Å²) in [4.78, 5) is 35.5. The monoisotopic (exact) mass is 278 g/mol. The zero-order chi connectivity index (χ0) is 14.1. The van der Waals surface area contributed by atoms with Crippen molar-refractivity contribution < 1.29 is 19.1 Å². The SMILES string of the molecule is CCCN(CC(=O)OCC)C(=O)NC(=O)C(C)Cl. The van der Waals surface area contributed by atoms with Crippen molar-refractivity contribution in [2.75, 3.05) is 19.7 Å². The number of esters is 1. The van der Waals surface area contributed by atoms with Crippen molar-refractivity contribution in [2.45, 2.75) is 32.6 Å². The normalized spacial score (nSPS) is 11.6. The molecule has 1 unspecified atom stereocenters. The number of urea groups is 1. The van der Waals surface area contributed by atoms with Crippen LogP contribution in [0, 0.1) is 0 Å². The lowest BCUT2D eigenvalue weighted by Crippen LogP contribution is -2.47. The molecule has 1 atom stereocenters. The maximum Gasteiger partial charge on any atom is 0.325 e. The van der Waals surface area contributed by atoms with Crippen LogP contribution in [0.5, 0.6) is 0 Å². The van der Waals surface area contributed by atoms with E-state index in [2.05, 4.69) is 5.32 Å². The van der Waals surface area contributed by atoms with Crippen LogP contribution < -0.4 is 5.32 Å². The highest BCUT2D eigenvalue weighted by Gasteiger charge is 2.20. The van der Waals surface area contributed by atoms with E-state index in [4.69, 9.17) is 16.3 Å². The third-order valence-corrected chi connectivity index (χ3v) is 2.20. The topological polar surface area (TPSA) is 75.7 Å². The van der Waals surface area contributed by atoms with Crippen molar-refractivity contribution in [3.63, 3.8) is 0 Å². The van der Waals surface area contributed by atoms with E-state index in [0.717, 1.165) is 0 Å². The van der Waals surface area contributed by atoms with Gasteiger partial charge >= 0.3 is 12.0 Å². The highest BCUT2D eigenvalue weighted by atomic mass is 35.5. The largest absolute Gasteiger partial charge is 0.465 e. The van der Waals surface area contributed by atoms with E-state index in [0.29, 0.717) is 13.0 Å². The summed E-state index contributed by atoms with van der Waals surface area (Å²) in [5.41, 5.74) is 0. The van der Waals surface area contributed by atoms with E-state index in [-0.39, 0.29) is 13.2 Å². The number of ether oxygens (including phenoxy) is 1. The molecule has 0 saturated carbocycles. The van der Waals surface area contributed by atoms with Crippen LogP contribution in [0.1, 0.15) is 27.2 Å². The molecule has 18 heavy (non-hydrogen) atoms. The van der Waals surface area contributed by atoms with E-state index in [1.807, 2.05) is 6.92 Å². The lowest BCUT2D eigenvalue weighted by molar-refractivity contribution is -0.143. The lowest BCUT2D eigenvalue weighted by Gasteiger charge is -2.21. The molecule has 0 rings (SSSR count). The van der Waals surface area contributed by atoms with E-state index in [1.165, 1.54) is 11.8 Å². The molecular weight excluding hydrogens is 260 g/mol. The van der Waals surface area contributed by atoms with Crippen LogP contribution in [0.25, 0.3) is 0 Å². The molecule has 3 amide bonds. The maximum atomic E-state index is 11.7. The standard InChI is InChI=1S/C11H19ClN2O4/c1-4-6-14(7-9(15)18-5-2)11(17)13-10(16)8(3)12/h8H,4-7H2,1-3H3,(H,13,16,17). The van der Waals surface area contributed by atoms with E-state index < -0.39 is 23.3 Å². The van der Waals surface area contributed by atoms with E-state index in [1.54, 1.807) is 6.92 Å². The highest BCUT2D eigenvalue weighted by molar-refractivity contribution is 6.31. The van der Waals surface area contributed by atoms with Crippen LogP contribution in [0.4, 0.5) is 4.79 Å². The Balaban J connectivity index is 4.44. The minimum absolute atomic E-state index is 0.183. The molecule has 0 saturated heterocycles. The summed E-state index contributed by atoms with van der Waals surface area (Å²) in [6.07, 6.45) is 0.664. The van der Waals surface area contributed by atoms with Crippen molar-refractivity contribution in [1.29, 1.82) is 0 Å². The number of amides is 3. The summed E-state index contributed by atoms with van der Waals surface area (Å²) in [5, 5.41) is 1.31. The molecule has 0 radical (unpaired) electrons. The second-order valence-corrected chi connectivity index (χ2v) is 4.29. The molecule has 0 aromatic rings. The number of hydrogen-bond donors (Lipinski definition) is 1. The molecule has 6 nitrogen and oxygen atoms in total. The molecule has 0 aliphatic carbocycles. The molecule has 0 spiro atoms. The summed E-state index contributed by atoms with van der Waals surface area (Å²) in [7, 11) is 0. The van der Waals surface area contributed by atoms with Gasteiger partial charge in [0.15, 0.2) is 0 Å². The summed E-state index contributed by atoms with van der Waals surface area (Å²) in [6, 6.07) is -0.637. The number of alkyl halides is 1. The van der Waals surface area contributed by atoms with Gasteiger partial charge in [0.05, 0.1) is 6.61 Å². The number of hydrogen-bond acceptors (Lipinski definition) is 4. The van der Waals surface area contributed by atoms with Gasteiger partial charge in [0.2, 0.25) is 5.91 Å². The Morgan fingerprint density at radius 3 is 2.39 bits per heavy atom. The molecule has 0 aromatic carbocycles. The number of rotatable bonds is 6. The quantitative estimate of drug-likeness (QED) is 0.584. The van der Waals surface area contributed by atoms with E-state index in [9.17, 15) is 14.4 Å². The van der Waals surface area contributed by atoms with Crippen LogP contribution in [0.15, 0.2) is 0 Å². The minimum Gasteiger partial charge on any atom is -0.465 e. The zero-order valence-electron chi connectivity index (χ0n) is 10.9. The smallest absolute Gasteiger partial charge is 0.325 e. The van der Waals surface area contributed by atoms with Gasteiger partial charge in [0, 0.05) is 6.54 Å². The molecule has 0 aliphatic heterocycles. The molecule has 0 fully saturated rings. The van der Waals surface area contributed by atoms with Crippen LogP contribution in [0.2, 0.25) is 0 Å². The zero-order valence-corrected chi connectivity index (χ0v) is 11.6. The fraction of sp³-hybridized carbons (Fsp3) is 0.727. The Morgan fingerprint density at radius 2 is 1.94 bits per heavy atom. The van der Waals surface area contributed by atoms with Gasteiger partial charge in [0.1, 0.15) is 11.9 Å². The van der Waals surface area contributed by atoms with Gasteiger partial charge in [-0.1, -0.05) is 6.92 Å². The summed E-state index contributed by atoms with van der Waals surface area (Å²) in [5.74, 6) is -1.10. The number of carbonyl (C=O) groups is 3.